The Hall–Kier alpha value is -0.650. The molecule has 118 valence electrons. The number of nitrogens with zero attached hydrogens (tertiary/aromatic N) is 1. The van der Waals surface area contributed by atoms with Gasteiger partial charge in [0.15, 0.2) is 5.78 Å². The van der Waals surface area contributed by atoms with Crippen LogP contribution in [-0.4, -0.2) is 57.2 Å². The first kappa shape index (κ1) is 18.4. The summed E-state index contributed by atoms with van der Waals surface area (Å²) in [6.45, 7) is 4.02. The van der Waals surface area contributed by atoms with Crippen LogP contribution in [0.5, 0.6) is 0 Å². The number of carbonyl (C=O) groups excluding carboxylic acids is 1. The van der Waals surface area contributed by atoms with Crippen molar-refractivity contribution >= 4 is 29.0 Å². The van der Waals surface area contributed by atoms with Crippen LogP contribution in [0.3, 0.4) is 0 Å². The fourth-order valence-corrected chi connectivity index (χ4v) is 2.51. The van der Waals surface area contributed by atoms with Crippen molar-refractivity contribution in [3.05, 3.63) is 33.8 Å². The molecule has 1 aromatic carbocycles. The minimum absolute atomic E-state index is 0.0456. The fraction of sp³-hybridized carbons (Fsp3) is 0.533. The van der Waals surface area contributed by atoms with Gasteiger partial charge in [-0.15, -0.1) is 0 Å². The third-order valence-corrected chi connectivity index (χ3v) is 3.74. The Kier molecular flexibility index (Phi) is 8.22. The molecule has 0 saturated carbocycles. The van der Waals surface area contributed by atoms with Crippen molar-refractivity contribution in [3.63, 3.8) is 0 Å². The molecule has 0 amide bonds. The summed E-state index contributed by atoms with van der Waals surface area (Å²) >= 11 is 11.9. The number of rotatable bonds is 9. The fourth-order valence-electron chi connectivity index (χ4n) is 2.00. The normalized spacial score (nSPS) is 12.7. The summed E-state index contributed by atoms with van der Waals surface area (Å²) in [7, 11) is 3.28. The first-order valence-electron chi connectivity index (χ1n) is 6.69. The molecule has 0 aliphatic carbocycles. The van der Waals surface area contributed by atoms with E-state index in [-0.39, 0.29) is 18.4 Å². The third-order valence-electron chi connectivity index (χ3n) is 3.19. The van der Waals surface area contributed by atoms with Gasteiger partial charge in [-0.1, -0.05) is 23.2 Å². The van der Waals surface area contributed by atoms with E-state index < -0.39 is 0 Å². The predicted molar refractivity (Wildman–Crippen MR) is 85.6 cm³/mol. The molecule has 1 rings (SSSR count). The molecule has 0 heterocycles. The zero-order valence-electron chi connectivity index (χ0n) is 12.6. The minimum Gasteiger partial charge on any atom is -0.383 e. The van der Waals surface area contributed by atoms with Crippen LogP contribution in [0.15, 0.2) is 18.2 Å². The first-order chi connectivity index (χ1) is 9.99. The molecule has 6 heteroatoms. The zero-order valence-corrected chi connectivity index (χ0v) is 14.1. The Morgan fingerprint density at radius 3 is 2.57 bits per heavy atom. The second kappa shape index (κ2) is 9.38. The topological polar surface area (TPSA) is 38.8 Å². The molecule has 0 bridgehead atoms. The van der Waals surface area contributed by atoms with Crippen molar-refractivity contribution in [2.45, 2.75) is 13.0 Å². The lowest BCUT2D eigenvalue weighted by molar-refractivity contribution is 0.0651. The Morgan fingerprint density at radius 2 is 2.00 bits per heavy atom. The van der Waals surface area contributed by atoms with Gasteiger partial charge in [-0.25, -0.2) is 0 Å². The van der Waals surface area contributed by atoms with Gasteiger partial charge in [0.05, 0.1) is 24.8 Å². The van der Waals surface area contributed by atoms with E-state index in [0.717, 1.165) is 0 Å². The van der Waals surface area contributed by atoms with Crippen molar-refractivity contribution < 1.29 is 14.3 Å². The van der Waals surface area contributed by atoms with Crippen molar-refractivity contribution in [1.82, 2.24) is 4.90 Å². The van der Waals surface area contributed by atoms with Crippen LogP contribution in [0.4, 0.5) is 0 Å². The number of ketones is 1. The van der Waals surface area contributed by atoms with Crippen molar-refractivity contribution in [1.29, 1.82) is 0 Å². The third kappa shape index (κ3) is 5.93. The summed E-state index contributed by atoms with van der Waals surface area (Å²) in [6, 6.07) is 5.01. The number of Topliss-reactive ketones (excluding diaryl/α,β-unsaturated/α-hetero) is 1. The second-order valence-corrected chi connectivity index (χ2v) is 5.66. The molecule has 0 fully saturated rings. The van der Waals surface area contributed by atoms with Crippen molar-refractivity contribution in [3.8, 4) is 0 Å². The van der Waals surface area contributed by atoms with Gasteiger partial charge in [-0.05, 0) is 25.1 Å². The predicted octanol–water partition coefficient (Wildman–Crippen LogP) is 3.16. The van der Waals surface area contributed by atoms with E-state index in [9.17, 15) is 4.79 Å². The molecule has 1 unspecified atom stereocenters. The van der Waals surface area contributed by atoms with Gasteiger partial charge in [-0.3, -0.25) is 9.69 Å². The summed E-state index contributed by atoms with van der Waals surface area (Å²) in [6.07, 6.45) is 0. The van der Waals surface area contributed by atoms with Gasteiger partial charge < -0.3 is 9.47 Å². The van der Waals surface area contributed by atoms with Crippen LogP contribution in [0, 0.1) is 0 Å². The molecule has 0 aliphatic rings. The van der Waals surface area contributed by atoms with E-state index >= 15 is 0 Å². The highest BCUT2D eigenvalue weighted by molar-refractivity contribution is 6.36. The van der Waals surface area contributed by atoms with Crippen molar-refractivity contribution in [2.24, 2.45) is 0 Å². The lowest BCUT2D eigenvalue weighted by atomic mass is 10.1. The van der Waals surface area contributed by atoms with Gasteiger partial charge in [0.1, 0.15) is 0 Å². The number of hydrogen-bond donors (Lipinski definition) is 0. The molecule has 0 radical (unpaired) electrons. The highest BCUT2D eigenvalue weighted by Crippen LogP contribution is 2.21. The number of halogens is 2. The van der Waals surface area contributed by atoms with Crippen molar-refractivity contribution in [2.75, 3.05) is 40.5 Å². The lowest BCUT2D eigenvalue weighted by Crippen LogP contribution is -2.41. The van der Waals surface area contributed by atoms with E-state index in [1.54, 1.807) is 32.4 Å². The number of ether oxygens (including phenoxy) is 2. The average molecular weight is 334 g/mol. The summed E-state index contributed by atoms with van der Waals surface area (Å²) in [5, 5.41) is 0.888. The Labute approximate surface area is 135 Å². The molecule has 1 aromatic rings. The summed E-state index contributed by atoms with van der Waals surface area (Å²) < 4.78 is 10.2. The maximum atomic E-state index is 12.4. The maximum absolute atomic E-state index is 12.4. The Morgan fingerprint density at radius 1 is 1.29 bits per heavy atom. The summed E-state index contributed by atoms with van der Waals surface area (Å²) in [5.74, 6) is -0.0456. The van der Waals surface area contributed by atoms with E-state index in [1.807, 2.05) is 11.8 Å². The van der Waals surface area contributed by atoms with E-state index in [1.165, 1.54) is 0 Å². The average Bonchev–Trinajstić information content (AvgIpc) is 2.43. The van der Waals surface area contributed by atoms with Crippen LogP contribution >= 0.6 is 23.2 Å². The largest absolute Gasteiger partial charge is 0.383 e. The molecular formula is C15H21Cl2NO3. The van der Waals surface area contributed by atoms with Gasteiger partial charge in [0.2, 0.25) is 0 Å². The quantitative estimate of drug-likeness (QED) is 0.650. The smallest absolute Gasteiger partial charge is 0.178 e. The molecule has 0 aromatic heterocycles. The number of methoxy groups -OCH3 is 2. The Bertz CT molecular complexity index is 468. The zero-order chi connectivity index (χ0) is 15.8. The second-order valence-electron chi connectivity index (χ2n) is 4.81. The molecule has 4 nitrogen and oxygen atoms in total. The molecule has 21 heavy (non-hydrogen) atoms. The molecule has 0 aliphatic heterocycles. The van der Waals surface area contributed by atoms with Gasteiger partial charge in [-0.2, -0.15) is 0 Å². The maximum Gasteiger partial charge on any atom is 0.178 e. The minimum atomic E-state index is -0.0456. The molecule has 0 spiro atoms. The standard InChI is InChI=1S/C15H21Cl2NO3/c1-11(10-21-3)18(6-7-20-2)9-15(19)13-5-4-12(16)8-14(13)17/h4-5,8,11H,6-7,9-10H2,1-3H3. The highest BCUT2D eigenvalue weighted by Gasteiger charge is 2.19. The van der Waals surface area contributed by atoms with Crippen LogP contribution in [0.25, 0.3) is 0 Å². The molecular weight excluding hydrogens is 313 g/mol. The molecule has 0 N–H and O–H groups in total. The number of benzene rings is 1. The van der Waals surface area contributed by atoms with E-state index in [2.05, 4.69) is 0 Å². The van der Waals surface area contributed by atoms with Crippen LogP contribution in [0.2, 0.25) is 10.0 Å². The van der Waals surface area contributed by atoms with Crippen LogP contribution in [0.1, 0.15) is 17.3 Å². The summed E-state index contributed by atoms with van der Waals surface area (Å²) in [5.41, 5.74) is 0.480. The first-order valence-corrected chi connectivity index (χ1v) is 7.45. The molecule has 1 atom stereocenters. The SMILES string of the molecule is COCCN(CC(=O)c1ccc(Cl)cc1Cl)C(C)COC. The van der Waals surface area contributed by atoms with Gasteiger partial charge in [0.25, 0.3) is 0 Å². The number of carbonyl (C=O) groups is 1. The van der Waals surface area contributed by atoms with E-state index in [0.29, 0.717) is 35.4 Å². The van der Waals surface area contributed by atoms with Gasteiger partial charge in [0, 0.05) is 37.4 Å². The lowest BCUT2D eigenvalue weighted by Gasteiger charge is -2.27. The highest BCUT2D eigenvalue weighted by atomic mass is 35.5. The van der Waals surface area contributed by atoms with E-state index in [4.69, 9.17) is 32.7 Å². The monoisotopic (exact) mass is 333 g/mol. The summed E-state index contributed by atoms with van der Waals surface area (Å²) in [4.78, 5) is 14.4. The van der Waals surface area contributed by atoms with Gasteiger partial charge >= 0.3 is 0 Å². The Balaban J connectivity index is 2.78. The number of hydrogen-bond acceptors (Lipinski definition) is 4. The molecule has 0 saturated heterocycles. The van der Waals surface area contributed by atoms with Crippen LogP contribution < -0.4 is 0 Å². The van der Waals surface area contributed by atoms with Crippen LogP contribution in [-0.2, 0) is 9.47 Å².